The lowest BCUT2D eigenvalue weighted by atomic mass is 10.2. The number of halogens is 1. The molecule has 8 nitrogen and oxygen atoms in total. The highest BCUT2D eigenvalue weighted by Crippen LogP contribution is 2.24. The largest absolute Gasteiger partial charge is 0.298 e. The van der Waals surface area contributed by atoms with Gasteiger partial charge in [0.25, 0.3) is 5.56 Å². The number of rotatable bonds is 3. The monoisotopic (exact) mass is 396 g/mol. The first-order valence-corrected chi connectivity index (χ1v) is 8.65. The molecule has 28 heavy (non-hydrogen) atoms. The fourth-order valence-electron chi connectivity index (χ4n) is 2.46. The van der Waals surface area contributed by atoms with E-state index in [-0.39, 0.29) is 5.56 Å². The van der Waals surface area contributed by atoms with Crippen molar-refractivity contribution in [3.63, 3.8) is 0 Å². The van der Waals surface area contributed by atoms with Crippen LogP contribution in [0.5, 0.6) is 0 Å². The predicted octanol–water partition coefficient (Wildman–Crippen LogP) is 2.72. The Kier molecular flexibility index (Phi) is 5.81. The summed E-state index contributed by atoms with van der Waals surface area (Å²) >= 11 is 5.91. The molecule has 0 fully saturated rings. The molecule has 1 N–H and O–H groups in total. The number of aldehydes is 1. The molecule has 4 aromatic rings. The molecule has 0 aliphatic carbocycles. The number of aromatic amines is 1. The molecule has 0 aliphatic heterocycles. The van der Waals surface area contributed by atoms with Crippen LogP contribution in [-0.4, -0.2) is 35.8 Å². The Hall–Kier alpha value is -3.52. The zero-order chi connectivity index (χ0) is 20.1. The van der Waals surface area contributed by atoms with Gasteiger partial charge in [0.15, 0.2) is 6.29 Å². The van der Waals surface area contributed by atoms with Crippen molar-refractivity contribution in [1.29, 1.82) is 0 Å². The molecule has 0 aliphatic rings. The lowest BCUT2D eigenvalue weighted by molar-refractivity contribution is 0.112. The van der Waals surface area contributed by atoms with Crippen molar-refractivity contribution in [2.45, 2.75) is 0 Å². The first kappa shape index (κ1) is 19.2. The van der Waals surface area contributed by atoms with Gasteiger partial charge in [-0.05, 0) is 24.3 Å². The molecule has 4 heterocycles. The van der Waals surface area contributed by atoms with Crippen molar-refractivity contribution < 1.29 is 4.79 Å². The first-order valence-electron chi connectivity index (χ1n) is 8.27. The van der Waals surface area contributed by atoms with Crippen LogP contribution in [-0.2, 0) is 14.1 Å². The number of nitrogens with zero attached hydrogens (tertiary/aromatic N) is 5. The third-order valence-electron chi connectivity index (χ3n) is 3.86. The third kappa shape index (κ3) is 4.07. The summed E-state index contributed by atoms with van der Waals surface area (Å²) in [6, 6.07) is 12.5. The van der Waals surface area contributed by atoms with E-state index in [0.29, 0.717) is 28.4 Å². The van der Waals surface area contributed by atoms with E-state index in [1.807, 2.05) is 24.3 Å². The second kappa shape index (κ2) is 8.45. The van der Waals surface area contributed by atoms with Gasteiger partial charge < -0.3 is 0 Å². The summed E-state index contributed by atoms with van der Waals surface area (Å²) in [5.41, 5.74) is 2.99. The normalized spacial score (nSPS) is 10.2. The summed E-state index contributed by atoms with van der Waals surface area (Å²) < 4.78 is 2.87. The van der Waals surface area contributed by atoms with Crippen LogP contribution in [0.1, 0.15) is 10.4 Å². The molecule has 0 saturated carbocycles. The number of pyridine rings is 2. The van der Waals surface area contributed by atoms with Crippen molar-refractivity contribution in [1.82, 2.24) is 29.5 Å². The predicted molar refractivity (Wildman–Crippen MR) is 106 cm³/mol. The highest BCUT2D eigenvalue weighted by molar-refractivity contribution is 6.32. The van der Waals surface area contributed by atoms with Crippen LogP contribution in [0.4, 0.5) is 0 Å². The molecular weight excluding hydrogens is 380 g/mol. The Morgan fingerprint density at radius 1 is 1.04 bits per heavy atom. The van der Waals surface area contributed by atoms with E-state index in [4.69, 9.17) is 11.6 Å². The standard InChI is InChI=1S/C10H8ClN3O.C9H9N3O/c1-14-10(11)7(6-15)9(13-14)8-4-2-3-5-12-8;1-12-9(13)6-8(11-12)7-4-2-3-5-10-7/h2-6H,1H3;2-6,11H,1H3. The SMILES string of the molecule is Cn1[nH]c(-c2ccccn2)cc1=O.Cn1nc(-c2ccccn2)c(C=O)c1Cl. The Bertz CT molecular complexity index is 1130. The number of carbonyl (C=O) groups is 1. The Labute approximate surface area is 165 Å². The Balaban J connectivity index is 0.000000162. The van der Waals surface area contributed by atoms with Gasteiger partial charge in [0.1, 0.15) is 10.8 Å². The lowest BCUT2D eigenvalue weighted by Crippen LogP contribution is -2.09. The summed E-state index contributed by atoms with van der Waals surface area (Å²) in [5, 5.41) is 7.37. The van der Waals surface area contributed by atoms with Gasteiger partial charge in [-0.25, -0.2) is 0 Å². The van der Waals surface area contributed by atoms with Gasteiger partial charge >= 0.3 is 0 Å². The molecule has 4 aromatic heterocycles. The number of nitrogens with one attached hydrogen (secondary N) is 1. The fourth-order valence-corrected chi connectivity index (χ4v) is 2.63. The molecule has 0 radical (unpaired) electrons. The molecule has 0 bridgehead atoms. The molecule has 0 unspecified atom stereocenters. The number of H-pyrrole nitrogens is 1. The van der Waals surface area contributed by atoms with E-state index in [1.54, 1.807) is 38.6 Å². The Morgan fingerprint density at radius 3 is 2.18 bits per heavy atom. The highest BCUT2D eigenvalue weighted by atomic mass is 35.5. The smallest absolute Gasteiger partial charge is 0.266 e. The molecule has 0 aromatic carbocycles. The molecule has 4 rings (SSSR count). The van der Waals surface area contributed by atoms with Gasteiger partial charge in [0.05, 0.1) is 22.6 Å². The summed E-state index contributed by atoms with van der Waals surface area (Å²) in [7, 11) is 3.36. The van der Waals surface area contributed by atoms with E-state index in [1.165, 1.54) is 15.4 Å². The molecule has 0 spiro atoms. The average molecular weight is 397 g/mol. The minimum absolute atomic E-state index is 0.0550. The minimum atomic E-state index is -0.0550. The second-order valence-corrected chi connectivity index (χ2v) is 6.15. The average Bonchev–Trinajstić information content (AvgIpc) is 3.22. The van der Waals surface area contributed by atoms with Crippen molar-refractivity contribution in [3.05, 3.63) is 75.9 Å². The maximum atomic E-state index is 11.1. The number of aromatic nitrogens is 6. The van der Waals surface area contributed by atoms with Gasteiger partial charge in [-0.2, -0.15) is 5.10 Å². The minimum Gasteiger partial charge on any atom is -0.298 e. The van der Waals surface area contributed by atoms with Gasteiger partial charge in [-0.15, -0.1) is 0 Å². The van der Waals surface area contributed by atoms with Gasteiger partial charge in [-0.3, -0.25) is 34.0 Å². The van der Waals surface area contributed by atoms with E-state index >= 15 is 0 Å². The number of aryl methyl sites for hydroxylation is 2. The zero-order valence-corrected chi connectivity index (χ0v) is 16.0. The first-order chi connectivity index (χ1) is 13.5. The molecular formula is C19H17ClN6O2. The van der Waals surface area contributed by atoms with Gasteiger partial charge in [0.2, 0.25) is 0 Å². The molecule has 142 valence electrons. The van der Waals surface area contributed by atoms with Crippen LogP contribution in [0, 0.1) is 0 Å². The van der Waals surface area contributed by atoms with E-state index < -0.39 is 0 Å². The maximum Gasteiger partial charge on any atom is 0.266 e. The highest BCUT2D eigenvalue weighted by Gasteiger charge is 2.15. The van der Waals surface area contributed by atoms with Crippen LogP contribution >= 0.6 is 11.6 Å². The number of carbonyl (C=O) groups excluding carboxylic acids is 1. The topological polar surface area (TPSA) is 98.5 Å². The number of hydrogen-bond donors (Lipinski definition) is 1. The third-order valence-corrected chi connectivity index (χ3v) is 4.31. The summed E-state index contributed by atoms with van der Waals surface area (Å²) in [6.45, 7) is 0. The summed E-state index contributed by atoms with van der Waals surface area (Å²) in [4.78, 5) is 30.2. The summed E-state index contributed by atoms with van der Waals surface area (Å²) in [6.07, 6.45) is 4.03. The van der Waals surface area contributed by atoms with E-state index in [9.17, 15) is 9.59 Å². The fraction of sp³-hybridized carbons (Fsp3) is 0.105. The Morgan fingerprint density at radius 2 is 1.68 bits per heavy atom. The van der Waals surface area contributed by atoms with Crippen LogP contribution in [0.15, 0.2) is 59.7 Å². The second-order valence-electron chi connectivity index (χ2n) is 5.79. The van der Waals surface area contributed by atoms with Crippen LogP contribution in [0.3, 0.4) is 0 Å². The lowest BCUT2D eigenvalue weighted by Gasteiger charge is -1.94. The van der Waals surface area contributed by atoms with Gasteiger partial charge in [0, 0.05) is 32.6 Å². The van der Waals surface area contributed by atoms with E-state index in [0.717, 1.165) is 11.4 Å². The molecule has 0 atom stereocenters. The van der Waals surface area contributed by atoms with Crippen molar-refractivity contribution in [2.75, 3.05) is 0 Å². The molecule has 9 heteroatoms. The van der Waals surface area contributed by atoms with Gasteiger partial charge in [-0.1, -0.05) is 23.7 Å². The summed E-state index contributed by atoms with van der Waals surface area (Å²) in [5.74, 6) is 0. The van der Waals surface area contributed by atoms with Crippen molar-refractivity contribution in [3.8, 4) is 22.8 Å². The maximum absolute atomic E-state index is 11.1. The molecule has 0 amide bonds. The van der Waals surface area contributed by atoms with Crippen molar-refractivity contribution in [2.24, 2.45) is 14.1 Å². The van der Waals surface area contributed by atoms with Crippen molar-refractivity contribution >= 4 is 17.9 Å². The quantitative estimate of drug-likeness (QED) is 0.537. The van der Waals surface area contributed by atoms with E-state index in [2.05, 4.69) is 20.2 Å². The van der Waals surface area contributed by atoms with Crippen LogP contribution in [0.25, 0.3) is 22.8 Å². The molecule has 0 saturated heterocycles. The van der Waals surface area contributed by atoms with Crippen LogP contribution in [0.2, 0.25) is 5.15 Å². The van der Waals surface area contributed by atoms with Crippen LogP contribution < -0.4 is 5.56 Å². The zero-order valence-electron chi connectivity index (χ0n) is 15.2. The number of hydrogen-bond acceptors (Lipinski definition) is 5.